The van der Waals surface area contributed by atoms with E-state index in [2.05, 4.69) is 18.2 Å². The van der Waals surface area contributed by atoms with E-state index < -0.39 is 6.04 Å². The van der Waals surface area contributed by atoms with Crippen molar-refractivity contribution in [3.63, 3.8) is 0 Å². The zero-order valence-corrected chi connectivity index (χ0v) is 17.6. The zero-order valence-electron chi connectivity index (χ0n) is 17.6. The van der Waals surface area contributed by atoms with E-state index in [1.807, 2.05) is 13.8 Å². The molecule has 0 saturated heterocycles. The third-order valence-electron chi connectivity index (χ3n) is 4.76. The van der Waals surface area contributed by atoms with Crippen LogP contribution in [0.15, 0.2) is 24.3 Å². The molecule has 1 N–H and O–H groups in total. The molecule has 1 aromatic rings. The van der Waals surface area contributed by atoms with Crippen LogP contribution < -0.4 is 5.32 Å². The zero-order chi connectivity index (χ0) is 20.8. The molecule has 1 aromatic carbocycles. The molecule has 1 atom stereocenters. The molecule has 4 nitrogen and oxygen atoms in total. The number of ether oxygens (including phenoxy) is 1. The minimum Gasteiger partial charge on any atom is -0.464 e. The van der Waals surface area contributed by atoms with Crippen molar-refractivity contribution < 1.29 is 14.3 Å². The van der Waals surface area contributed by atoms with Crippen molar-refractivity contribution in [3.05, 3.63) is 35.4 Å². The lowest BCUT2D eigenvalue weighted by atomic mass is 10.0. The topological polar surface area (TPSA) is 55.4 Å². The summed E-state index contributed by atoms with van der Waals surface area (Å²) in [5, 5.41) is 2.79. The second-order valence-corrected chi connectivity index (χ2v) is 7.56. The lowest BCUT2D eigenvalue weighted by molar-refractivity contribution is -0.147. The van der Waals surface area contributed by atoms with E-state index >= 15 is 0 Å². The number of rotatable bonds is 13. The average molecular weight is 386 g/mol. The summed E-state index contributed by atoms with van der Waals surface area (Å²) >= 11 is 0. The third-order valence-corrected chi connectivity index (χ3v) is 4.76. The molecule has 0 fully saturated rings. The van der Waals surface area contributed by atoms with Gasteiger partial charge in [-0.05, 0) is 36.6 Å². The minimum atomic E-state index is -0.658. The van der Waals surface area contributed by atoms with Gasteiger partial charge in [0.1, 0.15) is 6.04 Å². The molecule has 0 aliphatic rings. The number of hydrogen-bond donors (Lipinski definition) is 1. The Bertz CT molecular complexity index is 628. The first-order valence-corrected chi connectivity index (χ1v) is 10.5. The summed E-state index contributed by atoms with van der Waals surface area (Å²) in [5.74, 6) is 1.79. The summed E-state index contributed by atoms with van der Waals surface area (Å²) in [6.07, 6.45) is 14.9. The highest BCUT2D eigenvalue weighted by Crippen LogP contribution is 2.10. The van der Waals surface area contributed by atoms with Crippen LogP contribution in [0.2, 0.25) is 0 Å². The second-order valence-electron chi connectivity index (χ2n) is 7.56. The maximum atomic E-state index is 12.4. The van der Waals surface area contributed by atoms with Crippen LogP contribution in [0.5, 0.6) is 0 Å². The van der Waals surface area contributed by atoms with Gasteiger partial charge in [0.25, 0.3) is 5.91 Å². The van der Waals surface area contributed by atoms with E-state index in [0.717, 1.165) is 12.8 Å². The molecule has 0 heterocycles. The number of terminal acetylenes is 1. The van der Waals surface area contributed by atoms with E-state index in [9.17, 15) is 9.59 Å². The largest absolute Gasteiger partial charge is 0.464 e. The van der Waals surface area contributed by atoms with Crippen LogP contribution in [-0.4, -0.2) is 24.5 Å². The van der Waals surface area contributed by atoms with Crippen LogP contribution in [0.25, 0.3) is 0 Å². The maximum Gasteiger partial charge on any atom is 0.328 e. The highest BCUT2D eigenvalue weighted by molar-refractivity contribution is 5.96. The SMILES string of the molecule is C#Cc1ccc(C(=O)N[C@H](C(=O)OCCCCCCCCCC)C(C)C)cc1. The number of esters is 1. The average Bonchev–Trinajstić information content (AvgIpc) is 2.70. The number of unbranched alkanes of at least 4 members (excludes halogenated alkanes) is 7. The molecule has 0 aliphatic carbocycles. The third kappa shape index (κ3) is 9.08. The lowest BCUT2D eigenvalue weighted by Gasteiger charge is -2.21. The number of hydrogen-bond acceptors (Lipinski definition) is 3. The first kappa shape index (κ1) is 23.8. The van der Waals surface area contributed by atoms with Crippen molar-refractivity contribution in [1.29, 1.82) is 0 Å². The quantitative estimate of drug-likeness (QED) is 0.292. The summed E-state index contributed by atoms with van der Waals surface area (Å²) in [6.45, 7) is 6.41. The van der Waals surface area contributed by atoms with Gasteiger partial charge < -0.3 is 10.1 Å². The fourth-order valence-corrected chi connectivity index (χ4v) is 2.94. The first-order valence-electron chi connectivity index (χ1n) is 10.5. The van der Waals surface area contributed by atoms with Crippen molar-refractivity contribution in [2.24, 2.45) is 5.92 Å². The molecule has 0 saturated carbocycles. The van der Waals surface area contributed by atoms with Gasteiger partial charge in [-0.3, -0.25) is 4.79 Å². The summed E-state index contributed by atoms with van der Waals surface area (Å²) < 4.78 is 5.40. The van der Waals surface area contributed by atoms with Gasteiger partial charge in [-0.25, -0.2) is 4.79 Å². The van der Waals surface area contributed by atoms with Gasteiger partial charge in [0.15, 0.2) is 0 Å². The molecule has 0 aromatic heterocycles. The molecule has 4 heteroatoms. The van der Waals surface area contributed by atoms with E-state index in [1.54, 1.807) is 24.3 Å². The molecule has 1 amide bonds. The van der Waals surface area contributed by atoms with Gasteiger partial charge in [-0.2, -0.15) is 0 Å². The van der Waals surface area contributed by atoms with Crippen LogP contribution in [0.3, 0.4) is 0 Å². The molecule has 0 radical (unpaired) electrons. The number of benzene rings is 1. The van der Waals surface area contributed by atoms with Crippen molar-refractivity contribution in [2.45, 2.75) is 78.2 Å². The highest BCUT2D eigenvalue weighted by Gasteiger charge is 2.26. The molecule has 0 unspecified atom stereocenters. The Kier molecular flexibility index (Phi) is 11.7. The van der Waals surface area contributed by atoms with Crippen molar-refractivity contribution in [3.8, 4) is 12.3 Å². The van der Waals surface area contributed by atoms with Crippen LogP contribution in [-0.2, 0) is 9.53 Å². The van der Waals surface area contributed by atoms with Crippen molar-refractivity contribution in [2.75, 3.05) is 6.61 Å². The number of carbonyl (C=O) groups excluding carboxylic acids is 2. The number of nitrogens with one attached hydrogen (secondary N) is 1. The molecular formula is C24H35NO3. The van der Waals surface area contributed by atoms with Crippen LogP contribution in [0.1, 0.15) is 88.1 Å². The van der Waals surface area contributed by atoms with E-state index in [-0.39, 0.29) is 17.8 Å². The van der Waals surface area contributed by atoms with Gasteiger partial charge in [0.05, 0.1) is 6.61 Å². The van der Waals surface area contributed by atoms with E-state index in [1.165, 1.54) is 38.5 Å². The Labute approximate surface area is 170 Å². The predicted molar refractivity (Wildman–Crippen MR) is 114 cm³/mol. The molecule has 1 rings (SSSR count). The van der Waals surface area contributed by atoms with Gasteiger partial charge in [-0.1, -0.05) is 71.6 Å². The highest BCUT2D eigenvalue weighted by atomic mass is 16.5. The molecule has 154 valence electrons. The smallest absolute Gasteiger partial charge is 0.328 e. The summed E-state index contributed by atoms with van der Waals surface area (Å²) in [6, 6.07) is 6.08. The summed E-state index contributed by atoms with van der Waals surface area (Å²) in [7, 11) is 0. The van der Waals surface area contributed by atoms with Gasteiger partial charge in [0, 0.05) is 11.1 Å². The van der Waals surface area contributed by atoms with E-state index in [0.29, 0.717) is 17.7 Å². The minimum absolute atomic E-state index is 0.0556. The Morgan fingerprint density at radius 3 is 2.11 bits per heavy atom. The number of amides is 1. The standard InChI is InChI=1S/C24H35NO3/c1-5-7-8-9-10-11-12-13-18-28-24(27)22(19(3)4)25-23(26)21-16-14-20(6-2)15-17-21/h2,14-17,19,22H,5,7-13,18H2,1,3-4H3,(H,25,26)/t22-/m0/s1. The molecule has 0 bridgehead atoms. The Balaban J connectivity index is 2.36. The molecule has 28 heavy (non-hydrogen) atoms. The monoisotopic (exact) mass is 385 g/mol. The van der Waals surface area contributed by atoms with Gasteiger partial charge >= 0.3 is 5.97 Å². The summed E-state index contributed by atoms with van der Waals surface area (Å²) in [4.78, 5) is 24.8. The number of carbonyl (C=O) groups is 2. The van der Waals surface area contributed by atoms with E-state index in [4.69, 9.17) is 11.2 Å². The Morgan fingerprint density at radius 2 is 1.57 bits per heavy atom. The first-order chi connectivity index (χ1) is 13.5. The van der Waals surface area contributed by atoms with Gasteiger partial charge in [-0.15, -0.1) is 6.42 Å². The Hall–Kier alpha value is -2.28. The molecule has 0 aliphatic heterocycles. The molecular weight excluding hydrogens is 350 g/mol. The van der Waals surface area contributed by atoms with Crippen LogP contribution in [0, 0.1) is 18.3 Å². The van der Waals surface area contributed by atoms with Crippen molar-refractivity contribution in [1.82, 2.24) is 5.32 Å². The predicted octanol–water partition coefficient (Wildman–Crippen LogP) is 5.11. The Morgan fingerprint density at radius 1 is 1.00 bits per heavy atom. The fourth-order valence-electron chi connectivity index (χ4n) is 2.94. The maximum absolute atomic E-state index is 12.4. The van der Waals surface area contributed by atoms with Crippen molar-refractivity contribution >= 4 is 11.9 Å². The second kappa shape index (κ2) is 13.8. The van der Waals surface area contributed by atoms with Crippen LogP contribution in [0.4, 0.5) is 0 Å². The summed E-state index contributed by atoms with van der Waals surface area (Å²) in [5.41, 5.74) is 1.18. The fraction of sp³-hybridized carbons (Fsp3) is 0.583. The lowest BCUT2D eigenvalue weighted by Crippen LogP contribution is -2.45. The van der Waals surface area contributed by atoms with Crippen LogP contribution >= 0.6 is 0 Å². The molecule has 0 spiro atoms. The van der Waals surface area contributed by atoms with Gasteiger partial charge in [0.2, 0.25) is 0 Å². The normalized spacial score (nSPS) is 11.7.